The van der Waals surface area contributed by atoms with Gasteiger partial charge in [-0.05, 0) is 18.2 Å². The van der Waals surface area contributed by atoms with Crippen molar-refractivity contribution in [3.63, 3.8) is 0 Å². The number of methoxy groups -OCH3 is 1. The Kier molecular flexibility index (Phi) is 4.27. The summed E-state index contributed by atoms with van der Waals surface area (Å²) in [4.78, 5) is 34.0. The Labute approximate surface area is 120 Å². The number of carbonyl (C=O) groups excluding carboxylic acids is 2. The molecule has 8 heteroatoms. The summed E-state index contributed by atoms with van der Waals surface area (Å²) in [6, 6.07) is 3.44. The Hall–Kier alpha value is -2.77. The van der Waals surface area contributed by atoms with E-state index in [1.165, 1.54) is 19.2 Å². The highest BCUT2D eigenvalue weighted by molar-refractivity contribution is 6.00. The molecule has 1 heterocycles. The third kappa shape index (κ3) is 3.62. The monoisotopic (exact) mass is 293 g/mol. The van der Waals surface area contributed by atoms with E-state index in [2.05, 4.69) is 16.0 Å². The second kappa shape index (κ2) is 6.12. The van der Waals surface area contributed by atoms with Crippen LogP contribution in [-0.4, -0.2) is 42.7 Å². The van der Waals surface area contributed by atoms with Gasteiger partial charge < -0.3 is 25.8 Å². The van der Waals surface area contributed by atoms with E-state index in [0.29, 0.717) is 12.3 Å². The molecule has 3 amide bonds. The van der Waals surface area contributed by atoms with Crippen molar-refractivity contribution in [3.05, 3.63) is 23.8 Å². The smallest absolute Gasteiger partial charge is 0.337 e. The summed E-state index contributed by atoms with van der Waals surface area (Å²) in [5.74, 6) is -0.929. The van der Waals surface area contributed by atoms with Gasteiger partial charge in [-0.2, -0.15) is 0 Å². The fourth-order valence-electron chi connectivity index (χ4n) is 1.99. The summed E-state index contributed by atoms with van der Waals surface area (Å²) >= 11 is 0. The van der Waals surface area contributed by atoms with Crippen molar-refractivity contribution in [2.24, 2.45) is 0 Å². The number of ether oxygens (including phenoxy) is 1. The lowest BCUT2D eigenvalue weighted by Gasteiger charge is -2.13. The van der Waals surface area contributed by atoms with E-state index in [0.717, 1.165) is 0 Å². The van der Waals surface area contributed by atoms with Crippen molar-refractivity contribution in [3.8, 4) is 5.75 Å². The summed E-state index contributed by atoms with van der Waals surface area (Å²) in [6.07, 6.45) is 0.210. The van der Waals surface area contributed by atoms with Crippen LogP contribution in [0.1, 0.15) is 16.8 Å². The number of anilines is 1. The van der Waals surface area contributed by atoms with Crippen LogP contribution in [0.15, 0.2) is 18.2 Å². The Bertz CT molecular complexity index is 587. The van der Waals surface area contributed by atoms with Crippen molar-refractivity contribution in [1.82, 2.24) is 10.6 Å². The zero-order valence-corrected chi connectivity index (χ0v) is 11.3. The molecule has 8 nitrogen and oxygen atoms in total. The number of rotatable bonds is 4. The average molecular weight is 293 g/mol. The average Bonchev–Trinajstić information content (AvgIpc) is 2.84. The summed E-state index contributed by atoms with van der Waals surface area (Å²) < 4.78 is 4.95. The molecule has 1 aliphatic rings. The Morgan fingerprint density at radius 2 is 2.19 bits per heavy atom. The number of carboxylic acids is 1. The van der Waals surface area contributed by atoms with Crippen LogP contribution in [0.2, 0.25) is 0 Å². The lowest BCUT2D eigenvalue weighted by Crippen LogP contribution is -2.39. The van der Waals surface area contributed by atoms with Gasteiger partial charge >= 0.3 is 12.0 Å². The highest BCUT2D eigenvalue weighted by Gasteiger charge is 2.23. The summed E-state index contributed by atoms with van der Waals surface area (Å²) in [5, 5.41) is 16.8. The summed E-state index contributed by atoms with van der Waals surface area (Å²) in [6.45, 7) is 0.362. The number of benzene rings is 1. The van der Waals surface area contributed by atoms with Gasteiger partial charge in [-0.1, -0.05) is 0 Å². The number of carboxylic acid groups (broad SMARTS) is 1. The predicted molar refractivity (Wildman–Crippen MR) is 73.5 cm³/mol. The van der Waals surface area contributed by atoms with Gasteiger partial charge in [0.25, 0.3) is 0 Å². The van der Waals surface area contributed by atoms with E-state index in [-0.39, 0.29) is 29.6 Å². The van der Waals surface area contributed by atoms with E-state index < -0.39 is 12.0 Å². The van der Waals surface area contributed by atoms with Crippen LogP contribution in [0, 0.1) is 0 Å². The molecule has 0 aliphatic carbocycles. The minimum Gasteiger partial charge on any atom is -0.497 e. The van der Waals surface area contributed by atoms with Crippen molar-refractivity contribution in [2.45, 2.75) is 12.5 Å². The standard InChI is InChI=1S/C13H15N3O5/c1-21-8-2-3-10(9(5-8)12(18)19)16-13(20)15-7-4-11(17)14-6-7/h2-3,5,7H,4,6H2,1H3,(H,14,17)(H,18,19)(H2,15,16,20). The van der Waals surface area contributed by atoms with Crippen LogP contribution in [-0.2, 0) is 4.79 Å². The first-order valence-electron chi connectivity index (χ1n) is 6.25. The third-order valence-electron chi connectivity index (χ3n) is 3.02. The SMILES string of the molecule is COc1ccc(NC(=O)NC2CNC(=O)C2)c(C(=O)O)c1. The van der Waals surface area contributed by atoms with Gasteiger partial charge in [0.1, 0.15) is 5.75 Å². The van der Waals surface area contributed by atoms with Gasteiger partial charge in [-0.15, -0.1) is 0 Å². The first kappa shape index (κ1) is 14.6. The molecule has 1 fully saturated rings. The lowest BCUT2D eigenvalue weighted by atomic mass is 10.1. The number of hydrogen-bond acceptors (Lipinski definition) is 4. The highest BCUT2D eigenvalue weighted by atomic mass is 16.5. The van der Waals surface area contributed by atoms with Gasteiger partial charge in [0, 0.05) is 13.0 Å². The van der Waals surface area contributed by atoms with E-state index in [4.69, 9.17) is 9.84 Å². The summed E-state index contributed by atoms with van der Waals surface area (Å²) in [5.41, 5.74) is 0.0724. The molecule has 0 radical (unpaired) electrons. The van der Waals surface area contributed by atoms with Crippen molar-refractivity contribution < 1.29 is 24.2 Å². The summed E-state index contributed by atoms with van der Waals surface area (Å²) in [7, 11) is 1.42. The molecule has 1 atom stereocenters. The Morgan fingerprint density at radius 3 is 2.76 bits per heavy atom. The zero-order chi connectivity index (χ0) is 15.4. The second-order valence-electron chi connectivity index (χ2n) is 4.52. The van der Waals surface area contributed by atoms with Crippen molar-refractivity contribution in [2.75, 3.05) is 19.0 Å². The highest BCUT2D eigenvalue weighted by Crippen LogP contribution is 2.22. The predicted octanol–water partition coefficient (Wildman–Crippen LogP) is 0.403. The number of hydrogen-bond donors (Lipinski definition) is 4. The van der Waals surface area contributed by atoms with Crippen LogP contribution in [0.5, 0.6) is 5.75 Å². The van der Waals surface area contributed by atoms with Gasteiger partial charge in [-0.3, -0.25) is 4.79 Å². The molecule has 1 aliphatic heterocycles. The maximum Gasteiger partial charge on any atom is 0.337 e. The van der Waals surface area contributed by atoms with E-state index in [9.17, 15) is 14.4 Å². The molecule has 0 spiro atoms. The first-order valence-corrected chi connectivity index (χ1v) is 6.25. The van der Waals surface area contributed by atoms with Crippen LogP contribution < -0.4 is 20.7 Å². The van der Waals surface area contributed by atoms with E-state index in [1.807, 2.05) is 0 Å². The molecule has 4 N–H and O–H groups in total. The molecule has 0 saturated carbocycles. The molecule has 0 bridgehead atoms. The van der Waals surface area contributed by atoms with Crippen LogP contribution in [0.4, 0.5) is 10.5 Å². The molecule has 112 valence electrons. The molecule has 1 aromatic rings. The number of carbonyl (C=O) groups is 3. The molecule has 21 heavy (non-hydrogen) atoms. The van der Waals surface area contributed by atoms with Crippen molar-refractivity contribution in [1.29, 1.82) is 0 Å². The minimum atomic E-state index is -1.18. The number of urea groups is 1. The Morgan fingerprint density at radius 1 is 1.43 bits per heavy atom. The number of nitrogens with one attached hydrogen (secondary N) is 3. The Balaban J connectivity index is 2.06. The van der Waals surface area contributed by atoms with E-state index >= 15 is 0 Å². The molecular formula is C13H15N3O5. The number of aromatic carboxylic acids is 1. The molecule has 1 unspecified atom stereocenters. The van der Waals surface area contributed by atoms with Gasteiger partial charge in [0.05, 0.1) is 24.4 Å². The van der Waals surface area contributed by atoms with E-state index in [1.54, 1.807) is 6.07 Å². The maximum absolute atomic E-state index is 11.8. The van der Waals surface area contributed by atoms with Gasteiger partial charge in [0.2, 0.25) is 5.91 Å². The topological polar surface area (TPSA) is 117 Å². The zero-order valence-electron chi connectivity index (χ0n) is 11.3. The fraction of sp³-hybridized carbons (Fsp3) is 0.308. The second-order valence-corrected chi connectivity index (χ2v) is 4.52. The molecule has 2 rings (SSSR count). The minimum absolute atomic E-state index is 0.0786. The van der Waals surface area contributed by atoms with Crippen LogP contribution in [0.3, 0.4) is 0 Å². The number of amides is 3. The quantitative estimate of drug-likeness (QED) is 0.641. The normalized spacial score (nSPS) is 17.0. The van der Waals surface area contributed by atoms with Crippen LogP contribution in [0.25, 0.3) is 0 Å². The molecule has 1 aromatic carbocycles. The first-order chi connectivity index (χ1) is 9.99. The molecular weight excluding hydrogens is 278 g/mol. The third-order valence-corrected chi connectivity index (χ3v) is 3.02. The van der Waals surface area contributed by atoms with Gasteiger partial charge in [-0.25, -0.2) is 9.59 Å². The molecule has 1 saturated heterocycles. The van der Waals surface area contributed by atoms with Crippen LogP contribution >= 0.6 is 0 Å². The largest absolute Gasteiger partial charge is 0.497 e. The maximum atomic E-state index is 11.8. The molecule has 0 aromatic heterocycles. The van der Waals surface area contributed by atoms with Gasteiger partial charge in [0.15, 0.2) is 0 Å². The lowest BCUT2D eigenvalue weighted by molar-refractivity contribution is -0.119. The van der Waals surface area contributed by atoms with Crippen molar-refractivity contribution >= 4 is 23.6 Å². The fourth-order valence-corrected chi connectivity index (χ4v) is 1.99.